The molecule has 2 heterocycles. The number of nitrogens with one attached hydrogen (secondary N) is 5. The number of aromatic nitrogens is 2. The van der Waals surface area contributed by atoms with E-state index in [1.807, 2.05) is 31.1 Å². The molecule has 4 rings (SSSR count). The summed E-state index contributed by atoms with van der Waals surface area (Å²) in [5.41, 5.74) is 18.6. The normalized spacial score (nSPS) is 13.9. The van der Waals surface area contributed by atoms with Gasteiger partial charge in [0.2, 0.25) is 29.5 Å². The molecule has 3 atom stereocenters. The highest BCUT2D eigenvalue weighted by Crippen LogP contribution is 2.35. The van der Waals surface area contributed by atoms with Crippen LogP contribution < -0.4 is 43.4 Å². The number of nitrogens with zero attached hydrogens (tertiary/aromatic N) is 3. The first kappa shape index (κ1) is 39.9. The van der Waals surface area contributed by atoms with Gasteiger partial charge >= 0.3 is 0 Å². The van der Waals surface area contributed by atoms with Crippen LogP contribution >= 0.6 is 0 Å². The molecule has 7 amide bonds. The van der Waals surface area contributed by atoms with Crippen molar-refractivity contribution in [1.82, 2.24) is 36.1 Å². The Bertz CT molecular complexity index is 1810. The molecule has 0 saturated heterocycles. The smallest absolute Gasteiger partial charge is 0.261 e. The van der Waals surface area contributed by atoms with Crippen molar-refractivity contribution >= 4 is 57.8 Å². The zero-order valence-corrected chi connectivity index (χ0v) is 29.8. The van der Waals surface area contributed by atoms with E-state index in [0.717, 1.165) is 16.0 Å². The Kier molecular flexibility index (Phi) is 14.0. The van der Waals surface area contributed by atoms with Crippen LogP contribution in [0.4, 0.5) is 5.69 Å². The van der Waals surface area contributed by atoms with Crippen molar-refractivity contribution in [2.75, 3.05) is 45.2 Å². The summed E-state index contributed by atoms with van der Waals surface area (Å²) in [7, 11) is 3.74. The fraction of sp³-hybridized carbons (Fsp3) is 0.429. The number of imidazole rings is 1. The van der Waals surface area contributed by atoms with Crippen LogP contribution in [0, 0.1) is 0 Å². The summed E-state index contributed by atoms with van der Waals surface area (Å²) in [6.07, 6.45) is 3.63. The first-order valence-corrected chi connectivity index (χ1v) is 17.3. The first-order valence-electron chi connectivity index (χ1n) is 17.3. The van der Waals surface area contributed by atoms with Crippen LogP contribution in [0.15, 0.2) is 42.9 Å². The SMILES string of the molecule is CN(C)c1ccc2c3c(cccc13)C(=O)N(CCNC(=O)[C@H](CCC(N)=O)NC(=O)[C@H](CCCCN)NC(=O)[C@H](Cc1cnc[nH]1)NC(=O)CN)C2=O. The van der Waals surface area contributed by atoms with Gasteiger partial charge in [-0.3, -0.25) is 38.5 Å². The number of carbonyl (C=O) groups excluding carboxylic acids is 7. The van der Waals surface area contributed by atoms with E-state index in [9.17, 15) is 33.6 Å². The van der Waals surface area contributed by atoms with Crippen LogP contribution in [0.25, 0.3) is 10.8 Å². The zero-order chi connectivity index (χ0) is 38.7. The number of anilines is 1. The van der Waals surface area contributed by atoms with Crippen molar-refractivity contribution in [3.8, 4) is 0 Å². The summed E-state index contributed by atoms with van der Waals surface area (Å²) in [5, 5.41) is 11.8. The Balaban J connectivity index is 1.45. The van der Waals surface area contributed by atoms with Crippen molar-refractivity contribution in [1.29, 1.82) is 0 Å². The van der Waals surface area contributed by atoms with Crippen molar-refractivity contribution in [2.45, 2.75) is 56.7 Å². The molecule has 0 bridgehead atoms. The maximum absolute atomic E-state index is 13.7. The van der Waals surface area contributed by atoms with Gasteiger partial charge in [-0.05, 0) is 50.4 Å². The molecule has 0 spiro atoms. The zero-order valence-electron chi connectivity index (χ0n) is 29.8. The quantitative estimate of drug-likeness (QED) is 0.0483. The summed E-state index contributed by atoms with van der Waals surface area (Å²) < 4.78 is 0. The Hall–Kier alpha value is -5.88. The minimum atomic E-state index is -1.27. The molecule has 18 nitrogen and oxygen atoms in total. The molecule has 0 fully saturated rings. The molecule has 11 N–H and O–H groups in total. The van der Waals surface area contributed by atoms with Crippen molar-refractivity contribution in [3.63, 3.8) is 0 Å². The van der Waals surface area contributed by atoms with Gasteiger partial charge < -0.3 is 48.4 Å². The fourth-order valence-corrected chi connectivity index (χ4v) is 6.08. The van der Waals surface area contributed by atoms with Crippen molar-refractivity contribution in [2.24, 2.45) is 17.2 Å². The van der Waals surface area contributed by atoms with E-state index in [2.05, 4.69) is 31.2 Å². The number of nitrogens with two attached hydrogens (primary N) is 3. The lowest BCUT2D eigenvalue weighted by atomic mass is 9.93. The van der Waals surface area contributed by atoms with Gasteiger partial charge in [0, 0.05) is 79.5 Å². The van der Waals surface area contributed by atoms with Gasteiger partial charge in [0.15, 0.2) is 0 Å². The minimum absolute atomic E-state index is 0.0260. The lowest BCUT2D eigenvalue weighted by molar-refractivity contribution is -0.134. The Morgan fingerprint density at radius 1 is 0.868 bits per heavy atom. The van der Waals surface area contributed by atoms with E-state index in [1.165, 1.54) is 12.5 Å². The Labute approximate surface area is 305 Å². The van der Waals surface area contributed by atoms with Crippen LogP contribution in [-0.4, -0.2) is 115 Å². The van der Waals surface area contributed by atoms with Gasteiger partial charge in [0.1, 0.15) is 18.1 Å². The number of rotatable bonds is 20. The Morgan fingerprint density at radius 3 is 2.17 bits per heavy atom. The summed E-state index contributed by atoms with van der Waals surface area (Å²) in [6, 6.07) is 5.19. The number of aromatic amines is 1. The molecular formula is C35H47N11O7. The standard InChI is InChI=1S/C35H47N11O7/c1-45(2)27-11-9-23-30-21(27)6-5-7-22(30)34(52)46(35(23)53)15-14-40-31(49)25(10-12-28(38)47)44-32(50)24(8-3-4-13-36)43-33(51)26(42-29(48)17-37)16-20-18-39-19-41-20/h5-7,9,11,18-19,24-26H,3-4,8,10,12-17,36-37H2,1-2H3,(H2,38,47)(H,39,41)(H,40,49)(H,42,48)(H,43,51)(H,44,50)/t24-,25-,26-/m0/s1. The van der Waals surface area contributed by atoms with Gasteiger partial charge in [0.05, 0.1) is 12.9 Å². The molecular weight excluding hydrogens is 686 g/mol. The molecule has 1 aromatic heterocycles. The highest BCUT2D eigenvalue weighted by molar-refractivity contribution is 6.26. The number of hydrogen-bond donors (Lipinski definition) is 8. The minimum Gasteiger partial charge on any atom is -0.377 e. The van der Waals surface area contributed by atoms with E-state index >= 15 is 0 Å². The third-order valence-electron chi connectivity index (χ3n) is 8.79. The predicted octanol–water partition coefficient (Wildman–Crippen LogP) is -1.61. The summed E-state index contributed by atoms with van der Waals surface area (Å²) in [4.78, 5) is 101. The molecule has 18 heteroatoms. The average Bonchev–Trinajstić information content (AvgIpc) is 3.65. The lowest BCUT2D eigenvalue weighted by Gasteiger charge is -2.29. The van der Waals surface area contributed by atoms with Crippen LogP contribution in [0.2, 0.25) is 0 Å². The first-order chi connectivity index (χ1) is 25.4. The number of carbonyl (C=O) groups is 7. The second-order valence-electron chi connectivity index (χ2n) is 12.8. The number of primary amides is 1. The lowest BCUT2D eigenvalue weighted by Crippen LogP contribution is -2.57. The van der Waals surface area contributed by atoms with Crippen LogP contribution in [0.3, 0.4) is 0 Å². The number of amides is 7. The second kappa shape index (κ2) is 18.6. The molecule has 284 valence electrons. The molecule has 2 aromatic carbocycles. The monoisotopic (exact) mass is 733 g/mol. The number of benzene rings is 2. The maximum atomic E-state index is 13.7. The molecule has 0 unspecified atom stereocenters. The maximum Gasteiger partial charge on any atom is 0.261 e. The van der Waals surface area contributed by atoms with E-state index in [-0.39, 0.29) is 45.3 Å². The van der Waals surface area contributed by atoms with E-state index in [4.69, 9.17) is 17.2 Å². The fourth-order valence-electron chi connectivity index (χ4n) is 6.08. The molecule has 0 radical (unpaired) electrons. The molecule has 53 heavy (non-hydrogen) atoms. The number of H-pyrrole nitrogens is 1. The third-order valence-corrected chi connectivity index (χ3v) is 8.79. The second-order valence-corrected chi connectivity index (χ2v) is 12.8. The van der Waals surface area contributed by atoms with E-state index in [1.54, 1.807) is 18.2 Å². The molecule has 3 aromatic rings. The highest BCUT2D eigenvalue weighted by Gasteiger charge is 2.34. The molecule has 1 aliphatic heterocycles. The summed E-state index contributed by atoms with van der Waals surface area (Å²) >= 11 is 0. The van der Waals surface area contributed by atoms with Crippen LogP contribution in [0.1, 0.15) is 58.5 Å². The number of unbranched alkanes of at least 4 members (excludes halogenated alkanes) is 1. The number of imide groups is 1. The van der Waals surface area contributed by atoms with Crippen LogP contribution in [0.5, 0.6) is 0 Å². The summed E-state index contributed by atoms with van der Waals surface area (Å²) in [5.74, 6) is -4.44. The van der Waals surface area contributed by atoms with Gasteiger partial charge in [-0.15, -0.1) is 0 Å². The molecule has 0 aliphatic carbocycles. The van der Waals surface area contributed by atoms with Gasteiger partial charge in [-0.25, -0.2) is 4.98 Å². The average molecular weight is 734 g/mol. The van der Waals surface area contributed by atoms with Crippen molar-refractivity contribution < 1.29 is 33.6 Å². The third kappa shape index (κ3) is 10.1. The van der Waals surface area contributed by atoms with Crippen molar-refractivity contribution in [3.05, 3.63) is 59.7 Å². The molecule has 1 aliphatic rings. The summed E-state index contributed by atoms with van der Waals surface area (Å²) in [6.45, 7) is -0.367. The van der Waals surface area contributed by atoms with Gasteiger partial charge in [-0.1, -0.05) is 12.1 Å². The van der Waals surface area contributed by atoms with E-state index in [0.29, 0.717) is 41.6 Å². The van der Waals surface area contributed by atoms with Crippen LogP contribution in [-0.2, 0) is 30.4 Å². The molecule has 0 saturated carbocycles. The van der Waals surface area contributed by atoms with E-state index < -0.39 is 59.5 Å². The predicted molar refractivity (Wildman–Crippen MR) is 195 cm³/mol. The Morgan fingerprint density at radius 2 is 1.55 bits per heavy atom. The number of hydrogen-bond acceptors (Lipinski definition) is 11. The largest absolute Gasteiger partial charge is 0.377 e. The highest BCUT2D eigenvalue weighted by atomic mass is 16.2. The topological polar surface area (TPSA) is 281 Å². The van der Waals surface area contributed by atoms with Gasteiger partial charge in [-0.2, -0.15) is 0 Å². The van der Waals surface area contributed by atoms with Gasteiger partial charge in [0.25, 0.3) is 11.8 Å².